The predicted octanol–water partition coefficient (Wildman–Crippen LogP) is 3.81. The molecule has 1 aromatic carbocycles. The van der Waals surface area contributed by atoms with E-state index in [1.165, 1.54) is 24.3 Å². The molecule has 0 aliphatic carbocycles. The molecule has 124 valence electrons. The van der Waals surface area contributed by atoms with Crippen LogP contribution in [0.5, 0.6) is 0 Å². The Kier molecular flexibility index (Phi) is 5.74. The second kappa shape index (κ2) is 7.97. The van der Waals surface area contributed by atoms with E-state index in [2.05, 4.69) is 5.32 Å². The molecule has 5 nitrogen and oxygen atoms in total. The van der Waals surface area contributed by atoms with Gasteiger partial charge in [0.15, 0.2) is 5.88 Å². The van der Waals surface area contributed by atoms with Crippen molar-refractivity contribution in [1.82, 2.24) is 0 Å². The lowest BCUT2D eigenvalue weighted by atomic mass is 10.2. The molecular formula is C18H18FN3O2. The van der Waals surface area contributed by atoms with Gasteiger partial charge in [-0.05, 0) is 32.0 Å². The summed E-state index contributed by atoms with van der Waals surface area (Å²) in [4.78, 5) is 14.1. The first-order valence-electron chi connectivity index (χ1n) is 7.61. The largest absolute Gasteiger partial charge is 0.441 e. The fraction of sp³-hybridized carbons (Fsp3) is 0.222. The third kappa shape index (κ3) is 4.02. The quantitative estimate of drug-likeness (QED) is 0.647. The number of hydrogen-bond acceptors (Lipinski definition) is 4. The average molecular weight is 327 g/mol. The number of amides is 1. The minimum atomic E-state index is -0.691. The maximum atomic E-state index is 13.6. The number of rotatable bonds is 6. The summed E-state index contributed by atoms with van der Waals surface area (Å²) in [6.07, 6.45) is 1.34. The zero-order valence-electron chi connectivity index (χ0n) is 13.5. The Bertz CT molecular complexity index is 786. The molecule has 6 heteroatoms. The highest BCUT2D eigenvalue weighted by molar-refractivity contribution is 6.09. The molecular weight excluding hydrogens is 309 g/mol. The topological polar surface area (TPSA) is 69.3 Å². The number of carbonyl (C=O) groups is 1. The number of nitriles is 1. The summed E-state index contributed by atoms with van der Waals surface area (Å²) in [7, 11) is 0. The van der Waals surface area contributed by atoms with Crippen molar-refractivity contribution in [3.05, 3.63) is 53.5 Å². The monoisotopic (exact) mass is 327 g/mol. The van der Waals surface area contributed by atoms with Gasteiger partial charge in [-0.15, -0.1) is 0 Å². The number of nitrogens with zero attached hydrogens (tertiary/aromatic N) is 2. The molecule has 0 unspecified atom stereocenters. The first-order chi connectivity index (χ1) is 11.6. The summed E-state index contributed by atoms with van der Waals surface area (Å²) in [5, 5.41) is 11.6. The Morgan fingerprint density at radius 3 is 2.62 bits per heavy atom. The zero-order chi connectivity index (χ0) is 17.5. The molecule has 24 heavy (non-hydrogen) atoms. The van der Waals surface area contributed by atoms with Crippen molar-refractivity contribution in [1.29, 1.82) is 5.26 Å². The molecule has 0 spiro atoms. The molecule has 2 rings (SSSR count). The van der Waals surface area contributed by atoms with Crippen molar-refractivity contribution < 1.29 is 13.6 Å². The van der Waals surface area contributed by atoms with E-state index in [0.717, 1.165) is 13.1 Å². The minimum absolute atomic E-state index is 0.0203. The molecule has 0 saturated carbocycles. The zero-order valence-corrected chi connectivity index (χ0v) is 13.5. The SMILES string of the molecule is CCN(CC)c1ccc(C=C(C#N)C(=O)Nc2ccccc2F)o1. The summed E-state index contributed by atoms with van der Waals surface area (Å²) in [5.41, 5.74) is -0.148. The number of hydrogen-bond donors (Lipinski definition) is 1. The van der Waals surface area contributed by atoms with Gasteiger partial charge in [0, 0.05) is 25.2 Å². The second-order valence-corrected chi connectivity index (χ2v) is 4.95. The number of para-hydroxylation sites is 1. The molecule has 0 radical (unpaired) electrons. The summed E-state index contributed by atoms with van der Waals surface area (Å²) < 4.78 is 19.2. The fourth-order valence-electron chi connectivity index (χ4n) is 2.17. The number of furan rings is 1. The van der Waals surface area contributed by atoms with Crippen LogP contribution in [-0.4, -0.2) is 19.0 Å². The van der Waals surface area contributed by atoms with Gasteiger partial charge in [-0.3, -0.25) is 4.79 Å². The molecule has 0 aliphatic rings. The number of anilines is 2. The number of carbonyl (C=O) groups excluding carboxylic acids is 1. The van der Waals surface area contributed by atoms with Crippen LogP contribution in [0.15, 0.2) is 46.4 Å². The third-order valence-corrected chi connectivity index (χ3v) is 3.46. The van der Waals surface area contributed by atoms with E-state index in [9.17, 15) is 14.4 Å². The van der Waals surface area contributed by atoms with E-state index >= 15 is 0 Å². The Hall–Kier alpha value is -3.07. The van der Waals surface area contributed by atoms with Gasteiger partial charge in [-0.1, -0.05) is 12.1 Å². The van der Waals surface area contributed by atoms with Crippen LogP contribution in [-0.2, 0) is 4.79 Å². The first kappa shape index (κ1) is 17.3. The van der Waals surface area contributed by atoms with Crippen LogP contribution >= 0.6 is 0 Å². The third-order valence-electron chi connectivity index (χ3n) is 3.46. The molecule has 1 aromatic heterocycles. The highest BCUT2D eigenvalue weighted by Crippen LogP contribution is 2.21. The van der Waals surface area contributed by atoms with Crippen molar-refractivity contribution in [2.45, 2.75) is 13.8 Å². The highest BCUT2D eigenvalue weighted by atomic mass is 19.1. The van der Waals surface area contributed by atoms with E-state index in [-0.39, 0.29) is 11.3 Å². The lowest BCUT2D eigenvalue weighted by Crippen LogP contribution is -2.20. The van der Waals surface area contributed by atoms with Crippen LogP contribution in [0.4, 0.5) is 16.0 Å². The molecule has 0 bridgehead atoms. The van der Waals surface area contributed by atoms with Crippen LogP contribution in [0.2, 0.25) is 0 Å². The molecule has 1 N–H and O–H groups in total. The van der Waals surface area contributed by atoms with Gasteiger partial charge in [0.25, 0.3) is 5.91 Å². The van der Waals surface area contributed by atoms with E-state index in [1.54, 1.807) is 18.2 Å². The minimum Gasteiger partial charge on any atom is -0.441 e. The van der Waals surface area contributed by atoms with Crippen LogP contribution in [0.3, 0.4) is 0 Å². The Labute approximate surface area is 140 Å². The molecule has 2 aromatic rings. The van der Waals surface area contributed by atoms with Gasteiger partial charge < -0.3 is 14.6 Å². The van der Waals surface area contributed by atoms with Gasteiger partial charge in [0.1, 0.15) is 23.2 Å². The molecule has 0 atom stereocenters. The predicted molar refractivity (Wildman–Crippen MR) is 90.9 cm³/mol. The first-order valence-corrected chi connectivity index (χ1v) is 7.61. The molecule has 0 aliphatic heterocycles. The van der Waals surface area contributed by atoms with Gasteiger partial charge in [0.2, 0.25) is 0 Å². The lowest BCUT2D eigenvalue weighted by molar-refractivity contribution is -0.112. The molecule has 0 fully saturated rings. The van der Waals surface area contributed by atoms with Gasteiger partial charge in [0.05, 0.1) is 5.69 Å². The maximum absolute atomic E-state index is 13.6. The maximum Gasteiger partial charge on any atom is 0.266 e. The summed E-state index contributed by atoms with van der Waals surface area (Å²) in [5.74, 6) is -0.205. The lowest BCUT2D eigenvalue weighted by Gasteiger charge is -2.16. The van der Waals surface area contributed by atoms with Gasteiger partial charge in [-0.2, -0.15) is 5.26 Å². The van der Waals surface area contributed by atoms with E-state index < -0.39 is 11.7 Å². The van der Waals surface area contributed by atoms with E-state index in [0.29, 0.717) is 11.6 Å². The molecule has 1 amide bonds. The van der Waals surface area contributed by atoms with Crippen LogP contribution in [0, 0.1) is 17.1 Å². The smallest absolute Gasteiger partial charge is 0.266 e. The fourth-order valence-corrected chi connectivity index (χ4v) is 2.17. The molecule has 1 heterocycles. The van der Waals surface area contributed by atoms with Crippen LogP contribution in [0.1, 0.15) is 19.6 Å². The normalized spacial score (nSPS) is 11.0. The van der Waals surface area contributed by atoms with Crippen LogP contribution < -0.4 is 10.2 Å². The second-order valence-electron chi connectivity index (χ2n) is 4.95. The summed E-state index contributed by atoms with van der Waals surface area (Å²) in [6.45, 7) is 5.58. The number of benzene rings is 1. The van der Waals surface area contributed by atoms with E-state index in [4.69, 9.17) is 4.42 Å². The van der Waals surface area contributed by atoms with Crippen molar-refractivity contribution in [3.63, 3.8) is 0 Å². The van der Waals surface area contributed by atoms with Crippen LogP contribution in [0.25, 0.3) is 6.08 Å². The number of halogens is 1. The van der Waals surface area contributed by atoms with E-state index in [1.807, 2.05) is 24.8 Å². The Morgan fingerprint density at radius 2 is 2.00 bits per heavy atom. The van der Waals surface area contributed by atoms with Crippen molar-refractivity contribution >= 4 is 23.6 Å². The van der Waals surface area contributed by atoms with Gasteiger partial charge >= 0.3 is 0 Å². The van der Waals surface area contributed by atoms with Crippen molar-refractivity contribution in [2.75, 3.05) is 23.3 Å². The van der Waals surface area contributed by atoms with Crippen molar-refractivity contribution in [3.8, 4) is 6.07 Å². The Balaban J connectivity index is 2.19. The summed E-state index contributed by atoms with van der Waals surface area (Å²) in [6, 6.07) is 11.0. The highest BCUT2D eigenvalue weighted by Gasteiger charge is 2.13. The van der Waals surface area contributed by atoms with Gasteiger partial charge in [-0.25, -0.2) is 4.39 Å². The average Bonchev–Trinajstić information content (AvgIpc) is 3.04. The summed E-state index contributed by atoms with van der Waals surface area (Å²) >= 11 is 0. The Morgan fingerprint density at radius 1 is 1.29 bits per heavy atom. The molecule has 0 saturated heterocycles. The van der Waals surface area contributed by atoms with Crippen molar-refractivity contribution in [2.24, 2.45) is 0 Å². The standard InChI is InChI=1S/C18H18FN3O2/c1-3-22(4-2)17-10-9-14(24-17)11-13(12-20)18(23)21-16-8-6-5-7-15(16)19/h5-11H,3-4H2,1-2H3,(H,21,23). The number of nitrogens with one attached hydrogen (secondary N) is 1.